The van der Waals surface area contributed by atoms with Crippen molar-refractivity contribution in [1.82, 2.24) is 15.6 Å². The first kappa shape index (κ1) is 23.7. The number of guanidine groups is 1. The van der Waals surface area contributed by atoms with Gasteiger partial charge in [-0.25, -0.2) is 4.98 Å². The van der Waals surface area contributed by atoms with Crippen molar-refractivity contribution in [2.45, 2.75) is 13.2 Å². The lowest BCUT2D eigenvalue weighted by atomic mass is 10.2. The fourth-order valence-corrected chi connectivity index (χ4v) is 2.74. The fraction of sp³-hybridized carbons (Fsp3) is 0.273. The number of para-hydroxylation sites is 1. The van der Waals surface area contributed by atoms with E-state index in [1.807, 2.05) is 54.6 Å². The second kappa shape index (κ2) is 12.9. The van der Waals surface area contributed by atoms with Gasteiger partial charge in [0.2, 0.25) is 5.89 Å². The van der Waals surface area contributed by atoms with Crippen molar-refractivity contribution in [2.24, 2.45) is 4.99 Å². The average molecular weight is 522 g/mol. The lowest BCUT2D eigenvalue weighted by molar-refractivity contribution is 0.123. The minimum atomic E-state index is 0. The SMILES string of the molecule is CN=C(NCCOCc1ccccc1OC)NCc1coc(-c2ccccc2)n1.I. The standard InChI is InChI=1S/C22H26N4O3.HI/c1-23-22(24-12-13-28-15-18-10-6-7-11-20(18)27-2)25-14-19-16-29-21(26-19)17-8-4-3-5-9-17;/h3-11,16H,12-15H2,1-2H3,(H2,23,24,25);1H. The van der Waals surface area contributed by atoms with Crippen LogP contribution in [0.25, 0.3) is 11.5 Å². The Morgan fingerprint density at radius 1 is 1.07 bits per heavy atom. The molecule has 0 unspecified atom stereocenters. The zero-order valence-corrected chi connectivity index (χ0v) is 19.5. The summed E-state index contributed by atoms with van der Waals surface area (Å²) in [4.78, 5) is 8.71. The van der Waals surface area contributed by atoms with Crippen molar-refractivity contribution in [3.8, 4) is 17.2 Å². The van der Waals surface area contributed by atoms with Crippen LogP contribution >= 0.6 is 24.0 Å². The van der Waals surface area contributed by atoms with E-state index in [0.717, 1.165) is 22.6 Å². The quantitative estimate of drug-likeness (QED) is 0.192. The number of rotatable bonds is 9. The molecule has 0 fully saturated rings. The van der Waals surface area contributed by atoms with Crippen molar-refractivity contribution in [1.29, 1.82) is 0 Å². The molecule has 30 heavy (non-hydrogen) atoms. The Kier molecular flexibility index (Phi) is 10.2. The van der Waals surface area contributed by atoms with Crippen molar-refractivity contribution in [2.75, 3.05) is 27.3 Å². The highest BCUT2D eigenvalue weighted by atomic mass is 127. The smallest absolute Gasteiger partial charge is 0.226 e. The number of ether oxygens (including phenoxy) is 2. The molecule has 0 saturated heterocycles. The molecule has 2 aromatic carbocycles. The van der Waals surface area contributed by atoms with Crippen LogP contribution in [0.5, 0.6) is 5.75 Å². The van der Waals surface area contributed by atoms with Crippen LogP contribution in [0.4, 0.5) is 0 Å². The minimum absolute atomic E-state index is 0. The zero-order valence-electron chi connectivity index (χ0n) is 17.1. The normalized spacial score (nSPS) is 10.9. The predicted molar refractivity (Wildman–Crippen MR) is 128 cm³/mol. The zero-order chi connectivity index (χ0) is 20.3. The highest BCUT2D eigenvalue weighted by Gasteiger charge is 2.07. The van der Waals surface area contributed by atoms with Gasteiger partial charge in [-0.1, -0.05) is 36.4 Å². The Balaban J connectivity index is 0.00000320. The summed E-state index contributed by atoms with van der Waals surface area (Å²) in [5.74, 6) is 2.12. The van der Waals surface area contributed by atoms with E-state index in [4.69, 9.17) is 13.9 Å². The van der Waals surface area contributed by atoms with Gasteiger partial charge in [0.25, 0.3) is 0 Å². The monoisotopic (exact) mass is 522 g/mol. The maximum absolute atomic E-state index is 5.72. The maximum atomic E-state index is 5.72. The van der Waals surface area contributed by atoms with Gasteiger partial charge in [-0.05, 0) is 18.2 Å². The van der Waals surface area contributed by atoms with Gasteiger partial charge in [0, 0.05) is 24.7 Å². The van der Waals surface area contributed by atoms with Crippen LogP contribution in [0.3, 0.4) is 0 Å². The summed E-state index contributed by atoms with van der Waals surface area (Å²) in [6.45, 7) is 2.18. The van der Waals surface area contributed by atoms with Crippen molar-refractivity contribution < 1.29 is 13.9 Å². The highest BCUT2D eigenvalue weighted by Crippen LogP contribution is 2.18. The highest BCUT2D eigenvalue weighted by molar-refractivity contribution is 14.0. The molecule has 160 valence electrons. The number of hydrogen-bond acceptors (Lipinski definition) is 5. The number of aromatic nitrogens is 1. The third-order valence-electron chi connectivity index (χ3n) is 4.22. The van der Waals surface area contributed by atoms with Gasteiger partial charge in [-0.2, -0.15) is 0 Å². The Labute approximate surface area is 193 Å². The summed E-state index contributed by atoms with van der Waals surface area (Å²) in [5.41, 5.74) is 2.78. The summed E-state index contributed by atoms with van der Waals surface area (Å²) in [7, 11) is 3.39. The number of oxazole rings is 1. The van der Waals surface area contributed by atoms with E-state index in [-0.39, 0.29) is 24.0 Å². The van der Waals surface area contributed by atoms with Gasteiger partial charge >= 0.3 is 0 Å². The second-order valence-electron chi connectivity index (χ2n) is 6.23. The van der Waals surface area contributed by atoms with Crippen LogP contribution in [0.1, 0.15) is 11.3 Å². The van der Waals surface area contributed by atoms with E-state index in [1.165, 1.54) is 0 Å². The molecule has 1 heterocycles. The summed E-state index contributed by atoms with van der Waals surface area (Å²) in [5, 5.41) is 6.44. The van der Waals surface area contributed by atoms with Crippen LogP contribution in [0.15, 0.2) is 70.3 Å². The number of nitrogens with zero attached hydrogens (tertiary/aromatic N) is 2. The molecule has 0 aliphatic carbocycles. The Bertz CT molecular complexity index is 916. The molecular weight excluding hydrogens is 495 g/mol. The maximum Gasteiger partial charge on any atom is 0.226 e. The molecule has 0 radical (unpaired) electrons. The predicted octanol–water partition coefficient (Wildman–Crippen LogP) is 3.85. The van der Waals surface area contributed by atoms with Crippen molar-refractivity contribution in [3.05, 3.63) is 72.1 Å². The fourth-order valence-electron chi connectivity index (χ4n) is 2.74. The molecule has 0 saturated carbocycles. The Hall–Kier alpha value is -2.59. The molecule has 0 aliphatic heterocycles. The molecule has 8 heteroatoms. The number of benzene rings is 2. The lowest BCUT2D eigenvalue weighted by Crippen LogP contribution is -2.38. The van der Waals surface area contributed by atoms with Crippen LogP contribution < -0.4 is 15.4 Å². The molecule has 1 aromatic heterocycles. The molecule has 7 nitrogen and oxygen atoms in total. The largest absolute Gasteiger partial charge is 0.496 e. The molecule has 2 N–H and O–H groups in total. The summed E-state index contributed by atoms with van der Waals surface area (Å²) >= 11 is 0. The Morgan fingerprint density at radius 3 is 2.60 bits per heavy atom. The van der Waals surface area contributed by atoms with Gasteiger partial charge in [-0.3, -0.25) is 4.99 Å². The topological polar surface area (TPSA) is 80.9 Å². The van der Waals surface area contributed by atoms with Gasteiger partial charge in [-0.15, -0.1) is 24.0 Å². The van der Waals surface area contributed by atoms with Gasteiger partial charge in [0.15, 0.2) is 5.96 Å². The van der Waals surface area contributed by atoms with Crippen molar-refractivity contribution >= 4 is 29.9 Å². The Morgan fingerprint density at radius 2 is 1.83 bits per heavy atom. The molecule has 0 amide bonds. The second-order valence-corrected chi connectivity index (χ2v) is 6.23. The molecule has 0 aliphatic rings. The van der Waals surface area contributed by atoms with E-state index in [9.17, 15) is 0 Å². The number of hydrogen-bond donors (Lipinski definition) is 2. The van der Waals surface area contributed by atoms with E-state index < -0.39 is 0 Å². The van der Waals surface area contributed by atoms with Gasteiger partial charge in [0.1, 0.15) is 12.0 Å². The van der Waals surface area contributed by atoms with Gasteiger partial charge < -0.3 is 24.5 Å². The molecule has 3 aromatic rings. The first-order valence-corrected chi connectivity index (χ1v) is 9.44. The van der Waals surface area contributed by atoms with E-state index in [0.29, 0.717) is 38.2 Å². The average Bonchev–Trinajstić information content (AvgIpc) is 3.25. The molecule has 3 rings (SSSR count). The van der Waals surface area contributed by atoms with E-state index in [2.05, 4.69) is 20.6 Å². The van der Waals surface area contributed by atoms with Crippen LogP contribution in [-0.2, 0) is 17.9 Å². The van der Waals surface area contributed by atoms with Crippen LogP contribution in [0.2, 0.25) is 0 Å². The molecule has 0 atom stereocenters. The molecule has 0 spiro atoms. The number of halogens is 1. The van der Waals surface area contributed by atoms with Crippen LogP contribution in [0, 0.1) is 0 Å². The third kappa shape index (κ3) is 7.03. The van der Waals surface area contributed by atoms with Crippen molar-refractivity contribution in [3.63, 3.8) is 0 Å². The summed E-state index contributed by atoms with van der Waals surface area (Å²) in [6.07, 6.45) is 1.65. The van der Waals surface area contributed by atoms with Crippen LogP contribution in [-0.4, -0.2) is 38.3 Å². The number of methoxy groups -OCH3 is 1. The van der Waals surface area contributed by atoms with Gasteiger partial charge in [0.05, 0.1) is 32.6 Å². The third-order valence-corrected chi connectivity index (χ3v) is 4.22. The molecular formula is C22H27IN4O3. The minimum Gasteiger partial charge on any atom is -0.496 e. The first-order chi connectivity index (χ1) is 14.3. The summed E-state index contributed by atoms with van der Waals surface area (Å²) in [6, 6.07) is 17.6. The van der Waals surface area contributed by atoms with E-state index >= 15 is 0 Å². The number of aliphatic imine (C=N–C) groups is 1. The van der Waals surface area contributed by atoms with E-state index in [1.54, 1.807) is 20.4 Å². The first-order valence-electron chi connectivity index (χ1n) is 9.44. The lowest BCUT2D eigenvalue weighted by Gasteiger charge is -2.12. The summed E-state index contributed by atoms with van der Waals surface area (Å²) < 4.78 is 16.6. The molecule has 0 bridgehead atoms. The number of nitrogens with one attached hydrogen (secondary N) is 2.